The van der Waals surface area contributed by atoms with Crippen molar-refractivity contribution >= 4 is 27.7 Å². The molecule has 0 amide bonds. The lowest BCUT2D eigenvalue weighted by Gasteiger charge is -2.24. The highest BCUT2D eigenvalue weighted by molar-refractivity contribution is 9.10. The molecule has 4 nitrogen and oxygen atoms in total. The Kier molecular flexibility index (Phi) is 3.62. The molecule has 0 spiro atoms. The van der Waals surface area contributed by atoms with Gasteiger partial charge in [-0.2, -0.15) is 13.2 Å². The average Bonchev–Trinajstić information content (AvgIpc) is 2.95. The minimum absolute atomic E-state index is 0.0233. The Morgan fingerprint density at radius 2 is 2.18 bits per heavy atom. The number of carboxylic acids is 1. The first kappa shape index (κ1) is 15.6. The molecule has 22 heavy (non-hydrogen) atoms. The maximum Gasteiger partial charge on any atom is 0.434 e. The molecule has 1 aromatic heterocycles. The number of carboxylic acid groups (broad SMARTS) is 1. The number of aliphatic carboxylic acids is 1. The molecule has 1 N–H and O–H groups in total. The Bertz CT molecular complexity index is 623. The van der Waals surface area contributed by atoms with E-state index in [0.29, 0.717) is 13.0 Å². The number of alkyl halides is 3. The van der Waals surface area contributed by atoms with Crippen molar-refractivity contribution in [2.75, 3.05) is 18.0 Å². The van der Waals surface area contributed by atoms with Gasteiger partial charge in [0.25, 0.3) is 0 Å². The maximum atomic E-state index is 12.9. The average molecular weight is 379 g/mol. The van der Waals surface area contributed by atoms with E-state index in [0.717, 1.165) is 12.8 Å². The van der Waals surface area contributed by atoms with E-state index in [1.54, 1.807) is 4.90 Å². The molecule has 1 aliphatic heterocycles. The second-order valence-electron chi connectivity index (χ2n) is 5.93. The number of rotatable bonds is 2. The number of carbonyl (C=O) groups is 1. The number of nitrogens with zero attached hydrogens (tertiary/aromatic N) is 2. The zero-order valence-corrected chi connectivity index (χ0v) is 13.1. The van der Waals surface area contributed by atoms with E-state index in [4.69, 9.17) is 0 Å². The molecular formula is C14H14BrF3N2O2. The summed E-state index contributed by atoms with van der Waals surface area (Å²) in [6.07, 6.45) is -2.32. The molecule has 8 heteroatoms. The summed E-state index contributed by atoms with van der Waals surface area (Å²) in [6, 6.07) is 2.81. The summed E-state index contributed by atoms with van der Waals surface area (Å²) in [5.41, 5.74) is -1.82. The maximum absolute atomic E-state index is 12.9. The second-order valence-corrected chi connectivity index (χ2v) is 6.78. The SMILES string of the molecule is O=C(O)[C@@]12CCC[C@H]1CN(c1ccc(Br)c(C(F)(F)F)n1)C2. The van der Waals surface area contributed by atoms with Crippen LogP contribution in [0, 0.1) is 11.3 Å². The number of aromatic nitrogens is 1. The first-order chi connectivity index (χ1) is 10.2. The van der Waals surface area contributed by atoms with Gasteiger partial charge in [0.15, 0.2) is 5.69 Å². The van der Waals surface area contributed by atoms with Gasteiger partial charge in [-0.1, -0.05) is 6.42 Å². The standard InChI is InChI=1S/C14H14BrF3N2O2/c15-9-3-4-10(19-11(9)14(16,17)18)20-6-8-2-1-5-13(8,7-20)12(21)22/h3-4,8H,1-2,5-7H2,(H,21,22)/t8-,13+/m0/s1. The van der Waals surface area contributed by atoms with E-state index in [1.807, 2.05) is 0 Å². The number of hydrogen-bond acceptors (Lipinski definition) is 3. The van der Waals surface area contributed by atoms with Crippen molar-refractivity contribution < 1.29 is 23.1 Å². The van der Waals surface area contributed by atoms with Gasteiger partial charge >= 0.3 is 12.1 Å². The Morgan fingerprint density at radius 1 is 1.45 bits per heavy atom. The summed E-state index contributed by atoms with van der Waals surface area (Å²) in [4.78, 5) is 17.0. The van der Waals surface area contributed by atoms with Crippen LogP contribution in [0.1, 0.15) is 25.0 Å². The van der Waals surface area contributed by atoms with Gasteiger partial charge in [0.05, 0.1) is 5.41 Å². The fraction of sp³-hybridized carbons (Fsp3) is 0.571. The van der Waals surface area contributed by atoms with Gasteiger partial charge in [0.1, 0.15) is 5.82 Å². The van der Waals surface area contributed by atoms with Crippen molar-refractivity contribution in [1.29, 1.82) is 0 Å². The van der Waals surface area contributed by atoms with Gasteiger partial charge in [0, 0.05) is 17.6 Å². The molecule has 2 aliphatic rings. The van der Waals surface area contributed by atoms with Gasteiger partial charge in [-0.25, -0.2) is 4.98 Å². The normalized spacial score (nSPS) is 28.0. The van der Waals surface area contributed by atoms with Gasteiger partial charge in [0.2, 0.25) is 0 Å². The van der Waals surface area contributed by atoms with E-state index < -0.39 is 23.3 Å². The van der Waals surface area contributed by atoms with Crippen LogP contribution in [-0.4, -0.2) is 29.1 Å². The molecule has 2 fully saturated rings. The lowest BCUT2D eigenvalue weighted by atomic mass is 9.81. The molecule has 0 aromatic carbocycles. The summed E-state index contributed by atoms with van der Waals surface area (Å²) < 4.78 is 38.7. The third-order valence-corrected chi connectivity index (χ3v) is 5.36. The highest BCUT2D eigenvalue weighted by atomic mass is 79.9. The van der Waals surface area contributed by atoms with Gasteiger partial charge in [-0.15, -0.1) is 0 Å². The zero-order valence-electron chi connectivity index (χ0n) is 11.5. The van der Waals surface area contributed by atoms with Crippen LogP contribution < -0.4 is 4.90 Å². The predicted octanol–water partition coefficient (Wildman–Crippen LogP) is 3.55. The van der Waals surface area contributed by atoms with E-state index in [9.17, 15) is 23.1 Å². The first-order valence-corrected chi connectivity index (χ1v) is 7.75. The molecule has 3 rings (SSSR count). The first-order valence-electron chi connectivity index (χ1n) is 6.96. The molecule has 0 bridgehead atoms. The fourth-order valence-electron chi connectivity index (χ4n) is 3.62. The van der Waals surface area contributed by atoms with Crippen molar-refractivity contribution in [2.45, 2.75) is 25.4 Å². The lowest BCUT2D eigenvalue weighted by molar-refractivity contribution is -0.149. The summed E-state index contributed by atoms with van der Waals surface area (Å²) in [5, 5.41) is 9.53. The van der Waals surface area contributed by atoms with Gasteiger partial charge in [-0.3, -0.25) is 4.79 Å². The Labute approximate surface area is 133 Å². The third-order valence-electron chi connectivity index (χ3n) is 4.72. The van der Waals surface area contributed by atoms with Crippen LogP contribution in [0.15, 0.2) is 16.6 Å². The monoisotopic (exact) mass is 378 g/mol. The predicted molar refractivity (Wildman–Crippen MR) is 76.6 cm³/mol. The third kappa shape index (κ3) is 2.37. The number of pyridine rings is 1. The van der Waals surface area contributed by atoms with Crippen LogP contribution in [0.25, 0.3) is 0 Å². The lowest BCUT2D eigenvalue weighted by Crippen LogP contribution is -2.35. The minimum atomic E-state index is -4.55. The van der Waals surface area contributed by atoms with Crippen molar-refractivity contribution in [3.05, 3.63) is 22.3 Å². The van der Waals surface area contributed by atoms with Crippen LogP contribution in [0.5, 0.6) is 0 Å². The molecule has 1 aromatic rings. The van der Waals surface area contributed by atoms with Crippen LogP contribution in [0.4, 0.5) is 19.0 Å². The van der Waals surface area contributed by atoms with Crippen molar-refractivity contribution in [3.8, 4) is 0 Å². The summed E-state index contributed by atoms with van der Waals surface area (Å²) in [5.74, 6) is -0.694. The molecule has 0 radical (unpaired) electrons. The number of anilines is 1. The molecule has 0 unspecified atom stereocenters. The van der Waals surface area contributed by atoms with E-state index in [1.165, 1.54) is 12.1 Å². The fourth-order valence-corrected chi connectivity index (χ4v) is 4.07. The summed E-state index contributed by atoms with van der Waals surface area (Å²) in [7, 11) is 0. The number of hydrogen-bond donors (Lipinski definition) is 1. The Hall–Kier alpha value is -1.31. The van der Waals surface area contributed by atoms with Gasteiger partial charge < -0.3 is 10.0 Å². The summed E-state index contributed by atoms with van der Waals surface area (Å²) >= 11 is 2.86. The quantitative estimate of drug-likeness (QED) is 0.854. The van der Waals surface area contributed by atoms with Crippen LogP contribution in [-0.2, 0) is 11.0 Å². The zero-order chi connectivity index (χ0) is 16.1. The highest BCUT2D eigenvalue weighted by Crippen LogP contribution is 2.50. The Morgan fingerprint density at radius 3 is 2.77 bits per heavy atom. The molecular weight excluding hydrogens is 365 g/mol. The molecule has 1 aliphatic carbocycles. The topological polar surface area (TPSA) is 53.4 Å². The van der Waals surface area contributed by atoms with Gasteiger partial charge in [-0.05, 0) is 46.8 Å². The highest BCUT2D eigenvalue weighted by Gasteiger charge is 2.55. The Balaban J connectivity index is 1.92. The summed E-state index contributed by atoms with van der Waals surface area (Å²) in [6.45, 7) is 0.664. The largest absolute Gasteiger partial charge is 0.481 e. The molecule has 120 valence electrons. The van der Waals surface area contributed by atoms with Crippen molar-refractivity contribution in [3.63, 3.8) is 0 Å². The van der Waals surface area contributed by atoms with E-state index in [2.05, 4.69) is 20.9 Å². The molecule has 2 atom stereocenters. The van der Waals surface area contributed by atoms with Crippen LogP contribution in [0.2, 0.25) is 0 Å². The minimum Gasteiger partial charge on any atom is -0.481 e. The number of halogens is 4. The van der Waals surface area contributed by atoms with E-state index >= 15 is 0 Å². The van der Waals surface area contributed by atoms with Crippen LogP contribution >= 0.6 is 15.9 Å². The van der Waals surface area contributed by atoms with Crippen molar-refractivity contribution in [1.82, 2.24) is 4.98 Å². The van der Waals surface area contributed by atoms with Crippen molar-refractivity contribution in [2.24, 2.45) is 11.3 Å². The molecule has 2 heterocycles. The van der Waals surface area contributed by atoms with Crippen LogP contribution in [0.3, 0.4) is 0 Å². The molecule has 1 saturated heterocycles. The number of fused-ring (bicyclic) bond motifs is 1. The molecule has 1 saturated carbocycles. The second kappa shape index (κ2) is 5.11. The smallest absolute Gasteiger partial charge is 0.434 e. The van der Waals surface area contributed by atoms with E-state index in [-0.39, 0.29) is 22.8 Å².